The van der Waals surface area contributed by atoms with Crippen LogP contribution in [0.15, 0.2) is 108 Å². The van der Waals surface area contributed by atoms with Gasteiger partial charge in [0, 0.05) is 36.8 Å². The number of ether oxygens (including phenoxy) is 3. The van der Waals surface area contributed by atoms with Crippen LogP contribution in [0.3, 0.4) is 0 Å². The molecule has 4 aromatic rings. The number of hydrogen-bond donors (Lipinski definition) is 0. The van der Waals surface area contributed by atoms with Crippen LogP contribution in [-0.2, 0) is 35.3 Å². The molecule has 2 aliphatic rings. The molecule has 8 bridgehead atoms. The zero-order chi connectivity index (χ0) is 32.8. The van der Waals surface area contributed by atoms with Crippen molar-refractivity contribution in [2.75, 3.05) is 13.2 Å². The average Bonchev–Trinajstić information content (AvgIpc) is 3.06. The van der Waals surface area contributed by atoms with Crippen molar-refractivity contribution >= 4 is 17.5 Å². The minimum atomic E-state index is -0.425. The van der Waals surface area contributed by atoms with Gasteiger partial charge in [-0.1, -0.05) is 74.5 Å². The van der Waals surface area contributed by atoms with E-state index in [1.807, 2.05) is 80.6 Å². The van der Waals surface area contributed by atoms with Gasteiger partial charge in [0.25, 0.3) is 0 Å². The number of ketones is 2. The fourth-order valence-corrected chi connectivity index (χ4v) is 6.18. The second-order valence-corrected chi connectivity index (χ2v) is 12.0. The molecule has 0 N–H and O–H groups in total. The summed E-state index contributed by atoms with van der Waals surface area (Å²) >= 11 is 0. The number of Topliss-reactive ketones (excluding diaryl/α,β-unsaturated/α-hetero) is 1. The third-order valence-corrected chi connectivity index (χ3v) is 8.27. The molecule has 0 spiro atoms. The molecule has 0 amide bonds. The van der Waals surface area contributed by atoms with Crippen LogP contribution in [0.2, 0.25) is 0 Å². The van der Waals surface area contributed by atoms with Crippen molar-refractivity contribution < 1.29 is 28.6 Å². The molecule has 0 fully saturated rings. The summed E-state index contributed by atoms with van der Waals surface area (Å²) in [6, 6.07) is 26.8. The van der Waals surface area contributed by atoms with Crippen molar-refractivity contribution in [3.63, 3.8) is 0 Å². The van der Waals surface area contributed by atoms with E-state index >= 15 is 0 Å². The molecular formula is C41H38O6. The Hall–Kier alpha value is -5.23. The number of allylic oxidation sites excluding steroid dienone is 4. The SMILES string of the molecule is CCCOc1c2cccc1Cc1cc(cc(OC(=O)c3ccccc3)c1)Cc1cccc(c1OCCC)CC1=CC(=O)C=C(C2)C1=O. The second kappa shape index (κ2) is 14.5. The molecule has 0 unspecified atom stereocenters. The molecule has 238 valence electrons. The van der Waals surface area contributed by atoms with Crippen LogP contribution in [0.25, 0.3) is 0 Å². The molecule has 4 aromatic carbocycles. The highest BCUT2D eigenvalue weighted by atomic mass is 16.5. The van der Waals surface area contributed by atoms with E-state index < -0.39 is 5.97 Å². The zero-order valence-corrected chi connectivity index (χ0v) is 26.8. The summed E-state index contributed by atoms with van der Waals surface area (Å²) in [6.07, 6.45) is 6.09. The Bertz CT molecular complexity index is 1780. The van der Waals surface area contributed by atoms with Gasteiger partial charge in [0.1, 0.15) is 17.2 Å². The van der Waals surface area contributed by atoms with Gasteiger partial charge in [0.05, 0.1) is 18.8 Å². The van der Waals surface area contributed by atoms with Crippen LogP contribution in [0.1, 0.15) is 70.4 Å². The topological polar surface area (TPSA) is 78.9 Å². The van der Waals surface area contributed by atoms with Crippen LogP contribution in [0, 0.1) is 0 Å². The van der Waals surface area contributed by atoms with Crippen LogP contribution in [-0.4, -0.2) is 30.7 Å². The van der Waals surface area contributed by atoms with E-state index in [-0.39, 0.29) is 24.4 Å². The molecule has 6 nitrogen and oxygen atoms in total. The third-order valence-electron chi connectivity index (χ3n) is 8.27. The third kappa shape index (κ3) is 7.44. The number of benzene rings is 4. The summed E-state index contributed by atoms with van der Waals surface area (Å²) in [5.74, 6) is 1.14. The quantitative estimate of drug-likeness (QED) is 0.113. The smallest absolute Gasteiger partial charge is 0.343 e. The van der Waals surface area contributed by atoms with Crippen molar-refractivity contribution in [2.24, 2.45) is 0 Å². The van der Waals surface area contributed by atoms with Gasteiger partial charge in [0.15, 0.2) is 11.6 Å². The van der Waals surface area contributed by atoms with E-state index in [0.29, 0.717) is 60.0 Å². The maximum Gasteiger partial charge on any atom is 0.343 e. The molecule has 0 aliphatic heterocycles. The second-order valence-electron chi connectivity index (χ2n) is 12.0. The minimum absolute atomic E-state index is 0.134. The highest BCUT2D eigenvalue weighted by molar-refractivity contribution is 6.20. The number of rotatable bonds is 8. The van der Waals surface area contributed by atoms with Crippen molar-refractivity contribution in [2.45, 2.75) is 52.4 Å². The fourth-order valence-electron chi connectivity index (χ4n) is 6.18. The summed E-state index contributed by atoms with van der Waals surface area (Å²) in [5.41, 5.74) is 6.84. The van der Waals surface area contributed by atoms with Gasteiger partial charge in [-0.05, 0) is 82.6 Å². The van der Waals surface area contributed by atoms with Crippen LogP contribution in [0.5, 0.6) is 17.2 Å². The van der Waals surface area contributed by atoms with Gasteiger partial charge in [-0.3, -0.25) is 9.59 Å². The largest absolute Gasteiger partial charge is 0.493 e. The van der Waals surface area contributed by atoms with Gasteiger partial charge in [0.2, 0.25) is 0 Å². The molecular weight excluding hydrogens is 588 g/mol. The minimum Gasteiger partial charge on any atom is -0.493 e. The number of carbonyl (C=O) groups excluding carboxylic acids is 3. The molecule has 0 atom stereocenters. The maximum absolute atomic E-state index is 13.9. The van der Waals surface area contributed by atoms with Crippen molar-refractivity contribution in [1.29, 1.82) is 0 Å². The number of para-hydroxylation sites is 2. The lowest BCUT2D eigenvalue weighted by molar-refractivity contribution is -0.115. The first-order chi connectivity index (χ1) is 22.9. The number of carbonyl (C=O) groups is 3. The first-order valence-electron chi connectivity index (χ1n) is 16.3. The van der Waals surface area contributed by atoms with Gasteiger partial charge < -0.3 is 14.2 Å². The molecule has 0 saturated carbocycles. The Balaban J connectivity index is 1.50. The first kappa shape index (κ1) is 31.7. The number of esters is 1. The summed E-state index contributed by atoms with van der Waals surface area (Å²) < 4.78 is 18.6. The van der Waals surface area contributed by atoms with E-state index in [1.165, 1.54) is 12.2 Å². The van der Waals surface area contributed by atoms with Crippen LogP contribution >= 0.6 is 0 Å². The van der Waals surface area contributed by atoms with Gasteiger partial charge in [-0.15, -0.1) is 0 Å². The van der Waals surface area contributed by atoms with Crippen LogP contribution in [0.4, 0.5) is 0 Å². The highest BCUT2D eigenvalue weighted by Crippen LogP contribution is 2.35. The summed E-state index contributed by atoms with van der Waals surface area (Å²) in [5, 5.41) is 0. The predicted molar refractivity (Wildman–Crippen MR) is 181 cm³/mol. The van der Waals surface area contributed by atoms with E-state index in [0.717, 1.165) is 46.2 Å². The zero-order valence-electron chi connectivity index (χ0n) is 26.8. The lowest BCUT2D eigenvalue weighted by Gasteiger charge is -2.21. The lowest BCUT2D eigenvalue weighted by atomic mass is 9.86. The fraction of sp³-hybridized carbons (Fsp3) is 0.244. The standard InChI is InChI=1S/C41H38O6/c1-3-16-45-39-30-12-8-14-32(39)23-34-25-36(42)26-35(38(34)43)24-33-15-9-13-31(40(33)46-17-4-2)20-28-18-27(19-30)21-37(22-28)47-41(44)29-10-6-5-7-11-29/h5-15,18,21-22,25-26H,3-4,16-17,19-20,23-24H2,1-2H3. The lowest BCUT2D eigenvalue weighted by Crippen LogP contribution is -2.18. The normalized spacial score (nSPS) is 14.2. The molecule has 6 heteroatoms. The summed E-state index contributed by atoms with van der Waals surface area (Å²) in [6.45, 7) is 5.12. The van der Waals surface area contributed by atoms with Crippen molar-refractivity contribution in [1.82, 2.24) is 0 Å². The molecule has 0 aromatic heterocycles. The molecule has 0 saturated heterocycles. The van der Waals surface area contributed by atoms with Gasteiger partial charge in [-0.25, -0.2) is 4.79 Å². The summed E-state index contributed by atoms with van der Waals surface area (Å²) in [4.78, 5) is 39.9. The maximum atomic E-state index is 13.9. The van der Waals surface area contributed by atoms with E-state index in [1.54, 1.807) is 12.1 Å². The van der Waals surface area contributed by atoms with E-state index in [4.69, 9.17) is 14.2 Å². The van der Waals surface area contributed by atoms with Gasteiger partial charge in [-0.2, -0.15) is 0 Å². The summed E-state index contributed by atoms with van der Waals surface area (Å²) in [7, 11) is 0. The monoisotopic (exact) mass is 626 g/mol. The van der Waals surface area contributed by atoms with Crippen molar-refractivity contribution in [3.05, 3.63) is 147 Å². The Morgan fingerprint density at radius 3 is 1.60 bits per heavy atom. The molecule has 47 heavy (non-hydrogen) atoms. The van der Waals surface area contributed by atoms with E-state index in [9.17, 15) is 14.4 Å². The Kier molecular flexibility index (Phi) is 9.77. The predicted octanol–water partition coefficient (Wildman–Crippen LogP) is 7.77. The van der Waals surface area contributed by atoms with Gasteiger partial charge >= 0.3 is 5.97 Å². The molecule has 2 aliphatic carbocycles. The first-order valence-corrected chi connectivity index (χ1v) is 16.3. The molecule has 0 radical (unpaired) electrons. The Morgan fingerprint density at radius 2 is 1.11 bits per heavy atom. The Labute approximate surface area is 275 Å². The highest BCUT2D eigenvalue weighted by Gasteiger charge is 2.26. The number of fused-ring (bicyclic) bond motifs is 8. The molecule has 6 rings (SSSR count). The Morgan fingerprint density at radius 1 is 0.617 bits per heavy atom. The average molecular weight is 627 g/mol. The van der Waals surface area contributed by atoms with Crippen molar-refractivity contribution in [3.8, 4) is 17.2 Å². The van der Waals surface area contributed by atoms with E-state index in [2.05, 4.69) is 6.07 Å². The molecule has 0 heterocycles. The number of hydrogen-bond acceptors (Lipinski definition) is 6. The van der Waals surface area contributed by atoms with Crippen LogP contribution < -0.4 is 14.2 Å².